The van der Waals surface area contributed by atoms with Crippen molar-refractivity contribution in [3.63, 3.8) is 0 Å². The second-order valence-electron chi connectivity index (χ2n) is 8.27. The van der Waals surface area contributed by atoms with E-state index in [4.69, 9.17) is 14.2 Å². The molecule has 2 aliphatic carbocycles. The molecule has 2 aliphatic heterocycles. The number of nitrogens with zero attached hydrogens (tertiary/aromatic N) is 1. The second kappa shape index (κ2) is 5.12. The van der Waals surface area contributed by atoms with Gasteiger partial charge in [0, 0.05) is 37.1 Å². The van der Waals surface area contributed by atoms with E-state index in [0.717, 1.165) is 56.6 Å². The fourth-order valence-electron chi connectivity index (χ4n) is 5.91. The fourth-order valence-corrected chi connectivity index (χ4v) is 5.91. The Labute approximate surface area is 148 Å². The summed E-state index contributed by atoms with van der Waals surface area (Å²) in [5.41, 5.74) is 4.27. The Morgan fingerprint density at radius 3 is 2.84 bits per heavy atom. The van der Waals surface area contributed by atoms with Crippen LogP contribution in [0.1, 0.15) is 54.8 Å². The summed E-state index contributed by atoms with van der Waals surface area (Å²) in [6.45, 7) is 1.09. The van der Waals surface area contributed by atoms with E-state index in [0.29, 0.717) is 6.04 Å². The average Bonchev–Trinajstić information content (AvgIpc) is 2.64. The summed E-state index contributed by atoms with van der Waals surface area (Å²) in [6, 6.07) is 2.63. The molecule has 1 N–H and O–H groups in total. The summed E-state index contributed by atoms with van der Waals surface area (Å²) in [5.74, 6) is 0.659. The molecule has 0 aromatic heterocycles. The topological polar surface area (TPSA) is 51.2 Å². The average molecular weight is 345 g/mol. The number of fused-ring (bicyclic) bond motifs is 1. The molecule has 4 aliphatic rings. The minimum atomic E-state index is -0.944. The van der Waals surface area contributed by atoms with Crippen molar-refractivity contribution in [1.82, 2.24) is 4.90 Å². The van der Waals surface area contributed by atoms with Crippen LogP contribution < -0.4 is 9.47 Å². The highest BCUT2D eigenvalue weighted by Gasteiger charge is 2.60. The summed E-state index contributed by atoms with van der Waals surface area (Å²) in [5, 5.41) is 10.7. The molecule has 0 saturated heterocycles. The van der Waals surface area contributed by atoms with Gasteiger partial charge in [0.15, 0.2) is 11.5 Å². The molecule has 1 fully saturated rings. The molecule has 5 heteroatoms. The number of ether oxygens (including phenoxy) is 3. The van der Waals surface area contributed by atoms with Crippen molar-refractivity contribution >= 4 is 0 Å². The van der Waals surface area contributed by atoms with Gasteiger partial charge < -0.3 is 19.3 Å². The van der Waals surface area contributed by atoms with Gasteiger partial charge in [-0.05, 0) is 56.3 Å². The number of benzene rings is 1. The number of likely N-dealkylation sites (N-methyl/N-ethyl adjacent to an activating group) is 1. The lowest BCUT2D eigenvalue weighted by Gasteiger charge is -2.58. The van der Waals surface area contributed by atoms with Crippen LogP contribution in [0.25, 0.3) is 0 Å². The molecule has 1 aromatic carbocycles. The molecule has 5 rings (SSSR count). The Bertz CT molecular complexity index is 735. The van der Waals surface area contributed by atoms with Crippen LogP contribution in [0, 0.1) is 0 Å². The molecule has 1 saturated carbocycles. The van der Waals surface area contributed by atoms with E-state index in [1.165, 1.54) is 16.7 Å². The van der Waals surface area contributed by atoms with Gasteiger partial charge in [-0.25, -0.2) is 0 Å². The Morgan fingerprint density at radius 2 is 2.08 bits per heavy atom. The van der Waals surface area contributed by atoms with Gasteiger partial charge in [0.1, 0.15) is 6.10 Å². The summed E-state index contributed by atoms with van der Waals surface area (Å²) < 4.78 is 17.9. The van der Waals surface area contributed by atoms with Crippen LogP contribution in [0.15, 0.2) is 6.07 Å². The number of rotatable bonds is 2. The lowest BCUT2D eigenvalue weighted by molar-refractivity contribution is -0.262. The maximum atomic E-state index is 10.7. The molecule has 4 atom stereocenters. The van der Waals surface area contributed by atoms with Crippen LogP contribution in [0.5, 0.6) is 11.5 Å². The third-order valence-electron chi connectivity index (χ3n) is 7.23. The summed E-state index contributed by atoms with van der Waals surface area (Å²) in [7, 11) is 5.59. The Balaban J connectivity index is 1.80. The molecule has 5 nitrogen and oxygen atoms in total. The molecule has 0 unspecified atom stereocenters. The normalized spacial score (nSPS) is 38.7. The highest BCUT2D eigenvalue weighted by Crippen LogP contribution is 2.63. The van der Waals surface area contributed by atoms with Gasteiger partial charge in [-0.1, -0.05) is 0 Å². The Kier molecular flexibility index (Phi) is 3.26. The highest BCUT2D eigenvalue weighted by atomic mass is 16.7. The van der Waals surface area contributed by atoms with E-state index in [1.807, 2.05) is 0 Å². The molecule has 0 radical (unpaired) electrons. The highest BCUT2D eigenvalue weighted by molar-refractivity contribution is 5.62. The number of aliphatic hydroxyl groups excluding tert-OH is 1. The van der Waals surface area contributed by atoms with E-state index in [1.54, 1.807) is 14.2 Å². The van der Waals surface area contributed by atoms with Crippen molar-refractivity contribution in [2.75, 3.05) is 27.8 Å². The van der Waals surface area contributed by atoms with Crippen molar-refractivity contribution in [3.05, 3.63) is 22.8 Å². The minimum absolute atomic E-state index is 0.0378. The first-order valence-corrected chi connectivity index (χ1v) is 9.40. The number of methoxy groups -OCH3 is 2. The van der Waals surface area contributed by atoms with Crippen LogP contribution in [0.3, 0.4) is 0 Å². The smallest absolute Gasteiger partial charge is 0.237 e. The number of hydrogen-bond donors (Lipinski definition) is 1. The zero-order chi connectivity index (χ0) is 17.4. The van der Waals surface area contributed by atoms with E-state index in [-0.39, 0.29) is 5.41 Å². The van der Waals surface area contributed by atoms with Crippen LogP contribution in [0.2, 0.25) is 0 Å². The van der Waals surface area contributed by atoms with Crippen molar-refractivity contribution in [2.24, 2.45) is 0 Å². The Morgan fingerprint density at radius 1 is 1.28 bits per heavy atom. The standard InChI is InChI=1S/C20H27NO4/c1-21-9-6-12-10-14(23-2)18-17-16(12)13(21)4-7-19(17)8-5-15(22)20(11-19,24-3)25-18/h10,13,15,22H,4-9,11H2,1-3H3/t13-,15+,19+,20-/m1/s1. The molecule has 1 spiro atoms. The van der Waals surface area contributed by atoms with Gasteiger partial charge in [-0.15, -0.1) is 0 Å². The SMILES string of the molecule is COc1cc2c3c4c1O[C@]1(OC)C[C@]4(CC[C@H]3N(C)CC2)CC[C@@H]1O. The third kappa shape index (κ3) is 1.89. The first kappa shape index (κ1) is 15.9. The minimum Gasteiger partial charge on any atom is -0.493 e. The van der Waals surface area contributed by atoms with E-state index >= 15 is 0 Å². The van der Waals surface area contributed by atoms with Crippen molar-refractivity contribution in [1.29, 1.82) is 0 Å². The third-order valence-corrected chi connectivity index (χ3v) is 7.23. The summed E-state index contributed by atoms with van der Waals surface area (Å²) in [4.78, 5) is 2.48. The van der Waals surface area contributed by atoms with Gasteiger partial charge in [0.05, 0.1) is 7.11 Å². The van der Waals surface area contributed by atoms with Gasteiger partial charge in [0.25, 0.3) is 0 Å². The summed E-state index contributed by atoms with van der Waals surface area (Å²) >= 11 is 0. The van der Waals surface area contributed by atoms with Crippen molar-refractivity contribution < 1.29 is 19.3 Å². The predicted molar refractivity (Wildman–Crippen MR) is 93.2 cm³/mol. The number of hydrogen-bond acceptors (Lipinski definition) is 5. The van der Waals surface area contributed by atoms with Crippen LogP contribution in [-0.4, -0.2) is 49.7 Å². The van der Waals surface area contributed by atoms with Crippen LogP contribution in [-0.2, 0) is 16.6 Å². The quantitative estimate of drug-likeness (QED) is 0.893. The first-order valence-electron chi connectivity index (χ1n) is 9.40. The lowest BCUT2D eigenvalue weighted by atomic mass is 9.57. The van der Waals surface area contributed by atoms with Gasteiger partial charge in [-0.2, -0.15) is 0 Å². The van der Waals surface area contributed by atoms with E-state index in [2.05, 4.69) is 18.0 Å². The Hall–Kier alpha value is -1.30. The fraction of sp³-hybridized carbons (Fsp3) is 0.700. The lowest BCUT2D eigenvalue weighted by Crippen LogP contribution is -2.61. The maximum Gasteiger partial charge on any atom is 0.237 e. The predicted octanol–water partition coefficient (Wildman–Crippen LogP) is 2.54. The monoisotopic (exact) mass is 345 g/mol. The zero-order valence-corrected chi connectivity index (χ0v) is 15.3. The molecular weight excluding hydrogens is 318 g/mol. The molecular formula is C20H27NO4. The molecule has 0 amide bonds. The second-order valence-corrected chi connectivity index (χ2v) is 8.27. The maximum absolute atomic E-state index is 10.7. The van der Waals surface area contributed by atoms with Gasteiger partial charge in [-0.3, -0.25) is 4.90 Å². The molecule has 2 heterocycles. The van der Waals surface area contributed by atoms with Gasteiger partial charge >= 0.3 is 0 Å². The largest absolute Gasteiger partial charge is 0.493 e. The number of aliphatic hydroxyl groups is 1. The van der Waals surface area contributed by atoms with E-state index in [9.17, 15) is 5.11 Å². The van der Waals surface area contributed by atoms with E-state index < -0.39 is 11.9 Å². The molecule has 25 heavy (non-hydrogen) atoms. The molecule has 1 aromatic rings. The molecule has 2 bridgehead atoms. The first-order chi connectivity index (χ1) is 12.0. The van der Waals surface area contributed by atoms with Crippen molar-refractivity contribution in [2.45, 2.75) is 61.9 Å². The van der Waals surface area contributed by atoms with Crippen molar-refractivity contribution in [3.8, 4) is 11.5 Å². The van der Waals surface area contributed by atoms with Crippen LogP contribution in [0.4, 0.5) is 0 Å². The molecule has 136 valence electrons. The zero-order valence-electron chi connectivity index (χ0n) is 15.3. The van der Waals surface area contributed by atoms with Crippen LogP contribution >= 0.6 is 0 Å². The summed E-state index contributed by atoms with van der Waals surface area (Å²) in [6.07, 6.45) is 5.19. The van der Waals surface area contributed by atoms with Gasteiger partial charge in [0.2, 0.25) is 5.79 Å².